The summed E-state index contributed by atoms with van der Waals surface area (Å²) in [4.78, 5) is 6.49. The number of hydrogen-bond acceptors (Lipinski definition) is 4. The molecule has 1 rings (SSSR count). The standard InChI is InChI=1S/C15H27N3OSSi/c1-13(17-20(19)15(2,3)4)18-10-8-14(16-12-18)9-11-21(5,6)7/h8,10,13,17H,12H2,1-7H3/t13-,20-/m1/s1. The molecule has 0 unspecified atom stereocenters. The Bertz CT molecular complexity index is 480. The molecule has 0 radical (unpaired) electrons. The molecule has 0 saturated heterocycles. The first-order valence-electron chi connectivity index (χ1n) is 7.19. The summed E-state index contributed by atoms with van der Waals surface area (Å²) in [7, 11) is -1.36. The highest BCUT2D eigenvalue weighted by Crippen LogP contribution is 2.15. The Morgan fingerprint density at radius 2 is 2.05 bits per heavy atom. The summed E-state index contributed by atoms with van der Waals surface area (Å²) in [6.45, 7) is 15.0. The number of allylic oxidation sites excluding steroid dienone is 1. The van der Waals surface area contributed by atoms with Crippen molar-refractivity contribution in [3.63, 3.8) is 0 Å². The molecule has 1 aliphatic rings. The molecule has 21 heavy (non-hydrogen) atoms. The van der Waals surface area contributed by atoms with Crippen molar-refractivity contribution in [3.8, 4) is 11.5 Å². The van der Waals surface area contributed by atoms with Gasteiger partial charge in [-0.15, -0.1) is 10.3 Å². The normalized spacial score (nSPS) is 18.7. The Morgan fingerprint density at radius 1 is 1.43 bits per heavy atom. The lowest BCUT2D eigenvalue weighted by Crippen LogP contribution is -2.49. The maximum Gasteiger partial charge on any atom is 0.137 e. The molecule has 0 spiro atoms. The molecule has 1 aliphatic heterocycles. The summed E-state index contributed by atoms with van der Waals surface area (Å²) in [6.07, 6.45) is 3.87. The van der Waals surface area contributed by atoms with E-state index in [0.717, 1.165) is 5.71 Å². The molecule has 0 aromatic heterocycles. The van der Waals surface area contributed by atoms with E-state index in [2.05, 4.69) is 40.8 Å². The van der Waals surface area contributed by atoms with Crippen molar-refractivity contribution in [2.45, 2.75) is 58.2 Å². The first-order valence-corrected chi connectivity index (χ1v) is 11.8. The van der Waals surface area contributed by atoms with Crippen molar-refractivity contribution in [2.75, 3.05) is 6.67 Å². The van der Waals surface area contributed by atoms with Gasteiger partial charge in [0, 0.05) is 17.6 Å². The first kappa shape index (κ1) is 18.3. The van der Waals surface area contributed by atoms with Crippen LogP contribution in [0.15, 0.2) is 17.3 Å². The molecule has 2 atom stereocenters. The van der Waals surface area contributed by atoms with Crippen LogP contribution in [0.3, 0.4) is 0 Å². The number of hydrogen-bond donors (Lipinski definition) is 1. The van der Waals surface area contributed by atoms with E-state index >= 15 is 0 Å². The zero-order chi connectivity index (χ0) is 16.3. The van der Waals surface area contributed by atoms with Crippen molar-refractivity contribution in [2.24, 2.45) is 4.99 Å². The molecule has 1 heterocycles. The Morgan fingerprint density at radius 3 is 2.48 bits per heavy atom. The van der Waals surface area contributed by atoms with Crippen LogP contribution in [-0.2, 0) is 11.4 Å². The molecule has 118 valence electrons. The van der Waals surface area contributed by atoms with Gasteiger partial charge >= 0.3 is 0 Å². The topological polar surface area (TPSA) is 50.7 Å². The second-order valence-corrected chi connectivity index (χ2v) is 13.9. The van der Waals surface area contributed by atoms with Crippen LogP contribution in [0.5, 0.6) is 0 Å². The van der Waals surface area contributed by atoms with Crippen LogP contribution in [0.2, 0.25) is 19.6 Å². The molecular weight excluding hydrogens is 298 g/mol. The van der Waals surface area contributed by atoms with Crippen molar-refractivity contribution < 1.29 is 4.55 Å². The highest BCUT2D eigenvalue weighted by atomic mass is 32.2. The van der Waals surface area contributed by atoms with Gasteiger partial charge in [0.2, 0.25) is 0 Å². The first-order chi connectivity index (χ1) is 9.49. The van der Waals surface area contributed by atoms with Gasteiger partial charge in [0.25, 0.3) is 0 Å². The van der Waals surface area contributed by atoms with E-state index in [1.54, 1.807) is 0 Å². The molecule has 6 heteroatoms. The van der Waals surface area contributed by atoms with Gasteiger partial charge in [-0.25, -0.2) is 0 Å². The average molecular weight is 326 g/mol. The van der Waals surface area contributed by atoms with Crippen LogP contribution in [0.25, 0.3) is 0 Å². The fourth-order valence-corrected chi connectivity index (χ4v) is 2.71. The number of nitrogens with one attached hydrogen (secondary N) is 1. The van der Waals surface area contributed by atoms with Gasteiger partial charge in [0.15, 0.2) is 0 Å². The van der Waals surface area contributed by atoms with Crippen LogP contribution in [0, 0.1) is 11.5 Å². The molecule has 0 amide bonds. The number of rotatable bonds is 3. The van der Waals surface area contributed by atoms with Gasteiger partial charge in [-0.2, -0.15) is 0 Å². The van der Waals surface area contributed by atoms with Gasteiger partial charge in [-0.3, -0.25) is 4.99 Å². The molecule has 1 N–H and O–H groups in total. The molecule has 0 saturated carbocycles. The molecule has 0 aliphatic carbocycles. The molecular formula is C15H27N3OSSi. The van der Waals surface area contributed by atoms with E-state index in [1.807, 2.05) is 44.9 Å². The van der Waals surface area contributed by atoms with E-state index in [9.17, 15) is 4.55 Å². The third-order valence-electron chi connectivity index (χ3n) is 2.73. The summed E-state index contributed by atoms with van der Waals surface area (Å²) < 4.78 is 14.9. The third-order valence-corrected chi connectivity index (χ3v) is 5.27. The van der Waals surface area contributed by atoms with Crippen LogP contribution in [0.4, 0.5) is 0 Å². The second-order valence-electron chi connectivity index (χ2n) is 7.19. The predicted octanol–water partition coefficient (Wildman–Crippen LogP) is 2.49. The SMILES string of the molecule is C[C@H](N[S@+]([O-])C(C)(C)C)N1C=CC(C#C[Si](C)(C)C)=NC1. The largest absolute Gasteiger partial charge is 0.598 e. The minimum Gasteiger partial charge on any atom is -0.598 e. The zero-order valence-electron chi connectivity index (χ0n) is 14.2. The van der Waals surface area contributed by atoms with Crippen LogP contribution < -0.4 is 4.72 Å². The number of aliphatic imine (C=N–C) groups is 1. The summed E-state index contributed by atoms with van der Waals surface area (Å²) in [5, 5.41) is 0. The summed E-state index contributed by atoms with van der Waals surface area (Å²) in [5.41, 5.74) is 4.14. The minimum absolute atomic E-state index is 0.0310. The predicted molar refractivity (Wildman–Crippen MR) is 94.9 cm³/mol. The maximum atomic E-state index is 12.1. The Kier molecular flexibility index (Phi) is 6.11. The van der Waals surface area contributed by atoms with Gasteiger partial charge in [0.05, 0.1) is 0 Å². The Labute approximate surface area is 133 Å². The lowest BCUT2D eigenvalue weighted by molar-refractivity contribution is 0.283. The van der Waals surface area contributed by atoms with Gasteiger partial charge in [0.1, 0.15) is 31.4 Å². The fourth-order valence-electron chi connectivity index (χ4n) is 1.41. The van der Waals surface area contributed by atoms with E-state index in [4.69, 9.17) is 0 Å². The molecule has 0 aromatic rings. The van der Waals surface area contributed by atoms with Gasteiger partial charge in [-0.1, -0.05) is 25.6 Å². The monoisotopic (exact) mass is 325 g/mol. The van der Waals surface area contributed by atoms with Crippen LogP contribution >= 0.6 is 0 Å². The summed E-state index contributed by atoms with van der Waals surface area (Å²) >= 11 is -1.09. The molecule has 0 aromatic carbocycles. The zero-order valence-corrected chi connectivity index (χ0v) is 16.0. The third kappa shape index (κ3) is 6.70. The smallest absolute Gasteiger partial charge is 0.137 e. The summed E-state index contributed by atoms with van der Waals surface area (Å²) in [6, 6.07) is 0. The second kappa shape index (κ2) is 7.01. The van der Waals surface area contributed by atoms with Crippen molar-refractivity contribution >= 4 is 25.1 Å². The fraction of sp³-hybridized carbons (Fsp3) is 0.667. The van der Waals surface area contributed by atoms with E-state index in [1.165, 1.54) is 0 Å². The maximum absolute atomic E-state index is 12.1. The van der Waals surface area contributed by atoms with E-state index in [-0.39, 0.29) is 10.9 Å². The quantitative estimate of drug-likeness (QED) is 0.493. The molecule has 4 nitrogen and oxygen atoms in total. The average Bonchev–Trinajstić information content (AvgIpc) is 2.35. The van der Waals surface area contributed by atoms with Crippen LogP contribution in [0.1, 0.15) is 27.7 Å². The Balaban J connectivity index is 2.58. The van der Waals surface area contributed by atoms with Gasteiger partial charge < -0.3 is 9.45 Å². The minimum atomic E-state index is -1.36. The van der Waals surface area contributed by atoms with Crippen LogP contribution in [-0.4, -0.2) is 40.8 Å². The lowest BCUT2D eigenvalue weighted by Gasteiger charge is -2.32. The number of nitrogens with zero attached hydrogens (tertiary/aromatic N) is 2. The molecule has 0 fully saturated rings. The lowest BCUT2D eigenvalue weighted by atomic mass is 10.3. The molecule has 0 bridgehead atoms. The van der Waals surface area contributed by atoms with E-state index in [0.29, 0.717) is 6.67 Å². The highest BCUT2D eigenvalue weighted by Gasteiger charge is 2.29. The van der Waals surface area contributed by atoms with Crippen molar-refractivity contribution in [1.82, 2.24) is 9.62 Å². The van der Waals surface area contributed by atoms with Gasteiger partial charge in [-0.05, 0) is 33.8 Å². The Hall–Kier alpha value is -0.743. The van der Waals surface area contributed by atoms with Crippen molar-refractivity contribution in [3.05, 3.63) is 12.3 Å². The highest BCUT2D eigenvalue weighted by molar-refractivity contribution is 7.90. The van der Waals surface area contributed by atoms with E-state index < -0.39 is 19.4 Å². The van der Waals surface area contributed by atoms with Crippen molar-refractivity contribution in [1.29, 1.82) is 0 Å². The summed E-state index contributed by atoms with van der Waals surface area (Å²) in [5.74, 6) is 3.15.